The topological polar surface area (TPSA) is 56.5 Å². The Bertz CT molecular complexity index is 709. The van der Waals surface area contributed by atoms with Crippen molar-refractivity contribution in [1.29, 1.82) is 0 Å². The normalized spacial score (nSPS) is 20.5. The summed E-state index contributed by atoms with van der Waals surface area (Å²) in [5, 5.41) is 9.80. The lowest BCUT2D eigenvalue weighted by Gasteiger charge is -2.28. The van der Waals surface area contributed by atoms with E-state index in [9.17, 15) is 5.11 Å². The molecule has 25 heavy (non-hydrogen) atoms. The summed E-state index contributed by atoms with van der Waals surface area (Å²) in [6, 6.07) is 3.77. The molecule has 0 atom stereocenters. The number of halogens is 1. The smallest absolute Gasteiger partial charge is 0.179 e. The molecule has 1 N–H and O–H groups in total. The maximum atomic E-state index is 9.30. The van der Waals surface area contributed by atoms with Crippen LogP contribution in [-0.4, -0.2) is 35.5 Å². The maximum Gasteiger partial charge on any atom is 0.179 e. The summed E-state index contributed by atoms with van der Waals surface area (Å²) >= 11 is 6.34. The molecule has 0 spiro atoms. The first kappa shape index (κ1) is 18.1. The fourth-order valence-electron chi connectivity index (χ4n) is 3.64. The zero-order chi connectivity index (χ0) is 17.8. The Kier molecular flexibility index (Phi) is 5.86. The van der Waals surface area contributed by atoms with Crippen LogP contribution in [0.5, 0.6) is 11.5 Å². The second kappa shape index (κ2) is 8.11. The molecule has 0 unspecified atom stereocenters. The first-order chi connectivity index (χ1) is 12.2. The van der Waals surface area contributed by atoms with E-state index in [1.54, 1.807) is 14.2 Å². The van der Waals surface area contributed by atoms with E-state index in [1.165, 1.54) is 0 Å². The average Bonchev–Trinajstić information content (AvgIpc) is 3.09. The lowest BCUT2D eigenvalue weighted by Crippen LogP contribution is -2.21. The van der Waals surface area contributed by atoms with Gasteiger partial charge in [-0.1, -0.05) is 11.6 Å². The molecule has 2 aromatic rings. The molecule has 1 aliphatic carbocycles. The fraction of sp³-hybridized carbons (Fsp3) is 0.526. The van der Waals surface area contributed by atoms with E-state index >= 15 is 0 Å². The molecule has 1 heterocycles. The number of methoxy groups -OCH3 is 2. The highest BCUT2D eigenvalue weighted by atomic mass is 35.5. The highest BCUT2D eigenvalue weighted by Crippen LogP contribution is 2.39. The number of aromatic nitrogens is 2. The number of aliphatic hydroxyl groups excluding tert-OH is 1. The third-order valence-electron chi connectivity index (χ3n) is 5.09. The second-order valence-electron chi connectivity index (χ2n) is 6.67. The number of imidazole rings is 1. The van der Waals surface area contributed by atoms with Gasteiger partial charge in [0.25, 0.3) is 0 Å². The van der Waals surface area contributed by atoms with E-state index in [-0.39, 0.29) is 0 Å². The van der Waals surface area contributed by atoms with E-state index in [2.05, 4.69) is 9.55 Å². The van der Waals surface area contributed by atoms with Gasteiger partial charge in [-0.2, -0.15) is 0 Å². The molecule has 1 fully saturated rings. The number of aliphatic hydroxyl groups is 1. The Balaban J connectivity index is 1.81. The molecule has 3 rings (SSSR count). The predicted molar refractivity (Wildman–Crippen MR) is 98.3 cm³/mol. The lowest BCUT2D eigenvalue weighted by molar-refractivity contribution is 0.161. The van der Waals surface area contributed by atoms with Crippen LogP contribution in [0.25, 0.3) is 11.4 Å². The van der Waals surface area contributed by atoms with E-state index in [0.29, 0.717) is 35.0 Å². The highest BCUT2D eigenvalue weighted by molar-refractivity contribution is 6.32. The van der Waals surface area contributed by atoms with Crippen molar-refractivity contribution in [3.63, 3.8) is 0 Å². The fourth-order valence-corrected chi connectivity index (χ4v) is 3.93. The van der Waals surface area contributed by atoms with E-state index < -0.39 is 0 Å². The van der Waals surface area contributed by atoms with Gasteiger partial charge >= 0.3 is 0 Å². The van der Waals surface area contributed by atoms with Gasteiger partial charge in [-0.15, -0.1) is 0 Å². The summed E-state index contributed by atoms with van der Waals surface area (Å²) in [7, 11) is 3.18. The van der Waals surface area contributed by atoms with Crippen LogP contribution < -0.4 is 9.47 Å². The van der Waals surface area contributed by atoms with Gasteiger partial charge in [-0.25, -0.2) is 4.98 Å². The van der Waals surface area contributed by atoms with Gasteiger partial charge in [-0.05, 0) is 49.7 Å². The van der Waals surface area contributed by atoms with Crippen molar-refractivity contribution in [3.8, 4) is 22.9 Å². The monoisotopic (exact) mass is 364 g/mol. The molecule has 6 heteroatoms. The Labute approximate surface area is 153 Å². The molecule has 0 saturated heterocycles. The Hall–Kier alpha value is -1.72. The summed E-state index contributed by atoms with van der Waals surface area (Å²) in [5.41, 5.74) is 0.914. The van der Waals surface area contributed by atoms with Gasteiger partial charge in [0, 0.05) is 31.1 Å². The molecule has 0 bridgehead atoms. The van der Waals surface area contributed by atoms with Crippen molar-refractivity contribution >= 4 is 11.6 Å². The lowest BCUT2D eigenvalue weighted by atomic mass is 9.82. The van der Waals surface area contributed by atoms with Gasteiger partial charge in [0.15, 0.2) is 11.5 Å². The molecule has 1 aromatic carbocycles. The zero-order valence-corrected chi connectivity index (χ0v) is 15.5. The molecular weight excluding hydrogens is 340 g/mol. The van der Waals surface area contributed by atoms with Gasteiger partial charge in [0.2, 0.25) is 0 Å². The summed E-state index contributed by atoms with van der Waals surface area (Å²) in [6.45, 7) is 1.24. The van der Waals surface area contributed by atoms with E-state index in [4.69, 9.17) is 21.1 Å². The van der Waals surface area contributed by atoms with Crippen LogP contribution in [0.4, 0.5) is 0 Å². The van der Waals surface area contributed by atoms with Gasteiger partial charge in [-0.3, -0.25) is 0 Å². The molecule has 1 aromatic heterocycles. The van der Waals surface area contributed by atoms with Gasteiger partial charge in [0.1, 0.15) is 5.82 Å². The summed E-state index contributed by atoms with van der Waals surface area (Å²) in [4.78, 5) is 4.52. The molecule has 0 aliphatic heterocycles. The Morgan fingerprint density at radius 2 is 1.88 bits per heavy atom. The zero-order valence-electron chi connectivity index (χ0n) is 14.7. The van der Waals surface area contributed by atoms with Crippen LogP contribution in [0.2, 0.25) is 5.02 Å². The third kappa shape index (κ3) is 3.93. The molecule has 0 radical (unpaired) electrons. The summed E-state index contributed by atoms with van der Waals surface area (Å²) < 4.78 is 12.9. The molecule has 5 nitrogen and oxygen atoms in total. The van der Waals surface area contributed by atoms with Crippen molar-refractivity contribution in [2.24, 2.45) is 11.8 Å². The number of nitrogens with zero attached hydrogens (tertiary/aromatic N) is 2. The number of hydrogen-bond donors (Lipinski definition) is 1. The van der Waals surface area contributed by atoms with Crippen LogP contribution in [0.15, 0.2) is 24.5 Å². The molecule has 1 aliphatic rings. The summed E-state index contributed by atoms with van der Waals surface area (Å²) in [5.74, 6) is 3.11. The minimum absolute atomic E-state index is 0.313. The maximum absolute atomic E-state index is 9.30. The van der Waals surface area contributed by atoms with Crippen LogP contribution in [0.1, 0.15) is 25.7 Å². The number of hydrogen-bond acceptors (Lipinski definition) is 4. The van der Waals surface area contributed by atoms with Crippen LogP contribution in [-0.2, 0) is 6.54 Å². The molecular formula is C19H25ClN2O3. The first-order valence-electron chi connectivity index (χ1n) is 8.70. The van der Waals surface area contributed by atoms with Gasteiger partial charge < -0.3 is 19.1 Å². The van der Waals surface area contributed by atoms with Crippen LogP contribution in [0, 0.1) is 11.8 Å². The first-order valence-corrected chi connectivity index (χ1v) is 9.08. The SMILES string of the molecule is COc1cc(-c2nccn2CC2CCC(CO)CC2)cc(Cl)c1OC. The van der Waals surface area contributed by atoms with Crippen LogP contribution in [0.3, 0.4) is 0 Å². The minimum Gasteiger partial charge on any atom is -0.493 e. The third-order valence-corrected chi connectivity index (χ3v) is 5.37. The van der Waals surface area contributed by atoms with Crippen molar-refractivity contribution in [3.05, 3.63) is 29.5 Å². The molecule has 0 amide bonds. The minimum atomic E-state index is 0.313. The van der Waals surface area contributed by atoms with Gasteiger partial charge in [0.05, 0.1) is 19.2 Å². The van der Waals surface area contributed by atoms with Crippen molar-refractivity contribution in [2.45, 2.75) is 32.2 Å². The Morgan fingerprint density at radius 1 is 1.16 bits per heavy atom. The van der Waals surface area contributed by atoms with E-state index in [1.807, 2.05) is 24.5 Å². The second-order valence-corrected chi connectivity index (χ2v) is 7.07. The van der Waals surface area contributed by atoms with Crippen LogP contribution >= 0.6 is 11.6 Å². The Morgan fingerprint density at radius 3 is 2.52 bits per heavy atom. The molecule has 1 saturated carbocycles. The predicted octanol–water partition coefficient (Wildman–Crippen LogP) is 4.02. The quantitative estimate of drug-likeness (QED) is 0.841. The standard InChI is InChI=1S/C19H25ClN2O3/c1-24-17-10-15(9-16(20)18(17)25-2)19-21-7-8-22(19)11-13-3-5-14(12-23)6-4-13/h7-10,13-14,23H,3-6,11-12H2,1-2H3. The largest absolute Gasteiger partial charge is 0.493 e. The van der Waals surface area contributed by atoms with E-state index in [0.717, 1.165) is 43.6 Å². The molecule has 136 valence electrons. The number of benzene rings is 1. The average molecular weight is 365 g/mol. The van der Waals surface area contributed by atoms with Crippen molar-refractivity contribution in [1.82, 2.24) is 9.55 Å². The van der Waals surface area contributed by atoms with Crippen molar-refractivity contribution in [2.75, 3.05) is 20.8 Å². The highest BCUT2D eigenvalue weighted by Gasteiger charge is 2.22. The summed E-state index contributed by atoms with van der Waals surface area (Å²) in [6.07, 6.45) is 8.34. The number of rotatable bonds is 6. The van der Waals surface area contributed by atoms with Crippen molar-refractivity contribution < 1.29 is 14.6 Å². The number of ether oxygens (including phenoxy) is 2.